The molecule has 2 aromatic rings. The Morgan fingerprint density at radius 3 is 2.53 bits per heavy atom. The number of hydrogen-bond donors (Lipinski definition) is 1. The molecule has 2 rings (SSSR count). The summed E-state index contributed by atoms with van der Waals surface area (Å²) >= 11 is 14.3. The first kappa shape index (κ1) is 14.9. The molecule has 0 spiro atoms. The van der Waals surface area contributed by atoms with Crippen molar-refractivity contribution in [2.75, 3.05) is 7.05 Å². The molecule has 1 atom stereocenters. The van der Waals surface area contributed by atoms with Gasteiger partial charge in [-0.2, -0.15) is 5.10 Å². The highest BCUT2D eigenvalue weighted by Crippen LogP contribution is 2.38. The number of thiophene rings is 1. The fourth-order valence-corrected chi connectivity index (χ4v) is 3.72. The topological polar surface area (TPSA) is 29.9 Å². The van der Waals surface area contributed by atoms with Crippen molar-refractivity contribution in [1.29, 1.82) is 0 Å². The third kappa shape index (κ3) is 2.68. The van der Waals surface area contributed by atoms with Gasteiger partial charge in [-0.1, -0.05) is 23.2 Å². The Labute approximate surface area is 127 Å². The van der Waals surface area contributed by atoms with Crippen LogP contribution in [0.15, 0.2) is 11.6 Å². The summed E-state index contributed by atoms with van der Waals surface area (Å²) in [6.07, 6.45) is 1.69. The normalized spacial score (nSPS) is 13.2. The zero-order valence-electron chi connectivity index (χ0n) is 11.4. The summed E-state index contributed by atoms with van der Waals surface area (Å²) in [6, 6.07) is 0.210. The summed E-state index contributed by atoms with van der Waals surface area (Å²) in [6.45, 7) is 6.18. The first-order valence-corrected chi connectivity index (χ1v) is 7.74. The Balaban J connectivity index is 2.54. The first-order valence-electron chi connectivity index (χ1n) is 6.11. The predicted octanol–water partition coefficient (Wildman–Crippen LogP) is 4.45. The van der Waals surface area contributed by atoms with Gasteiger partial charge in [0.1, 0.15) is 0 Å². The average molecular weight is 318 g/mol. The summed E-state index contributed by atoms with van der Waals surface area (Å²) in [5.41, 5.74) is 2.05. The standard InChI is InChI=1S/C13H17Cl2N3S/c1-7(2)18-12(9(14)5-17-18)11(16-4)13-10(15)8(3)6-19-13/h5-7,11,16H,1-4H3. The molecule has 2 aromatic heterocycles. The lowest BCUT2D eigenvalue weighted by Gasteiger charge is -2.20. The van der Waals surface area contributed by atoms with Crippen molar-refractivity contribution in [3.63, 3.8) is 0 Å². The van der Waals surface area contributed by atoms with Gasteiger partial charge in [-0.05, 0) is 38.8 Å². The number of halogens is 2. The van der Waals surface area contributed by atoms with Gasteiger partial charge in [0.05, 0.1) is 28.0 Å². The lowest BCUT2D eigenvalue weighted by atomic mass is 10.1. The minimum Gasteiger partial charge on any atom is -0.307 e. The minimum absolute atomic E-state index is 0.0383. The molecule has 0 aliphatic heterocycles. The lowest BCUT2D eigenvalue weighted by molar-refractivity contribution is 0.486. The summed E-state index contributed by atoms with van der Waals surface area (Å²) in [5, 5.41) is 11.2. The molecule has 0 aromatic carbocycles. The van der Waals surface area contributed by atoms with Gasteiger partial charge in [-0.3, -0.25) is 4.68 Å². The fraction of sp³-hybridized carbons (Fsp3) is 0.462. The molecule has 3 nitrogen and oxygen atoms in total. The highest BCUT2D eigenvalue weighted by molar-refractivity contribution is 7.10. The van der Waals surface area contributed by atoms with E-state index in [1.165, 1.54) is 0 Å². The Morgan fingerprint density at radius 2 is 2.05 bits per heavy atom. The molecule has 1 unspecified atom stereocenters. The molecule has 104 valence electrons. The van der Waals surface area contributed by atoms with Crippen molar-refractivity contribution in [3.8, 4) is 0 Å². The fourth-order valence-electron chi connectivity index (χ4n) is 2.07. The van der Waals surface area contributed by atoms with Crippen molar-refractivity contribution < 1.29 is 0 Å². The molecule has 0 aliphatic rings. The Kier molecular flexibility index (Phi) is 4.56. The van der Waals surface area contributed by atoms with Gasteiger partial charge >= 0.3 is 0 Å². The van der Waals surface area contributed by atoms with E-state index >= 15 is 0 Å². The second-order valence-electron chi connectivity index (χ2n) is 4.73. The molecule has 2 heterocycles. The zero-order chi connectivity index (χ0) is 14.2. The zero-order valence-corrected chi connectivity index (χ0v) is 13.7. The van der Waals surface area contributed by atoms with Crippen LogP contribution in [0.25, 0.3) is 0 Å². The third-order valence-electron chi connectivity index (χ3n) is 3.03. The number of rotatable bonds is 4. The predicted molar refractivity (Wildman–Crippen MR) is 82.6 cm³/mol. The molecule has 0 fully saturated rings. The van der Waals surface area contributed by atoms with E-state index in [-0.39, 0.29) is 12.1 Å². The molecule has 0 bridgehead atoms. The summed E-state index contributed by atoms with van der Waals surface area (Å²) in [7, 11) is 1.91. The Bertz CT molecular complexity index is 574. The van der Waals surface area contributed by atoms with Crippen LogP contribution in [0, 0.1) is 6.92 Å². The van der Waals surface area contributed by atoms with Crippen LogP contribution in [0.1, 0.15) is 42.1 Å². The van der Waals surface area contributed by atoms with Crippen LogP contribution in [0.5, 0.6) is 0 Å². The van der Waals surface area contributed by atoms with Crippen molar-refractivity contribution in [3.05, 3.63) is 37.8 Å². The van der Waals surface area contributed by atoms with Gasteiger partial charge in [0, 0.05) is 10.9 Å². The first-order chi connectivity index (χ1) is 8.97. The van der Waals surface area contributed by atoms with E-state index in [4.69, 9.17) is 23.2 Å². The Morgan fingerprint density at radius 1 is 1.37 bits per heavy atom. The number of nitrogens with zero attached hydrogens (tertiary/aromatic N) is 2. The van der Waals surface area contributed by atoms with E-state index in [1.807, 2.05) is 18.7 Å². The van der Waals surface area contributed by atoms with E-state index in [1.54, 1.807) is 17.5 Å². The summed E-state index contributed by atoms with van der Waals surface area (Å²) in [5.74, 6) is 0. The van der Waals surface area contributed by atoms with Crippen LogP contribution in [0.2, 0.25) is 10.0 Å². The maximum atomic E-state index is 6.38. The third-order valence-corrected chi connectivity index (χ3v) is 5.10. The highest BCUT2D eigenvalue weighted by atomic mass is 35.5. The van der Waals surface area contributed by atoms with Crippen LogP contribution >= 0.6 is 34.5 Å². The van der Waals surface area contributed by atoms with Crippen LogP contribution in [0.3, 0.4) is 0 Å². The van der Waals surface area contributed by atoms with Gasteiger partial charge in [0.15, 0.2) is 0 Å². The average Bonchev–Trinajstić information content (AvgIpc) is 2.89. The highest BCUT2D eigenvalue weighted by Gasteiger charge is 2.25. The molecule has 1 N–H and O–H groups in total. The van der Waals surface area contributed by atoms with Gasteiger partial charge < -0.3 is 5.32 Å². The van der Waals surface area contributed by atoms with E-state index in [0.29, 0.717) is 5.02 Å². The molecular formula is C13H17Cl2N3S. The van der Waals surface area contributed by atoms with Gasteiger partial charge in [0.2, 0.25) is 0 Å². The number of aromatic nitrogens is 2. The molecule has 0 amide bonds. The maximum Gasteiger partial charge on any atom is 0.0870 e. The SMILES string of the molecule is CNC(c1scc(C)c1Cl)c1c(Cl)cnn1C(C)C. The van der Waals surface area contributed by atoms with Gasteiger partial charge in [0.25, 0.3) is 0 Å². The second kappa shape index (κ2) is 5.83. The molecule has 0 aliphatic carbocycles. The van der Waals surface area contributed by atoms with Gasteiger partial charge in [-0.15, -0.1) is 11.3 Å². The molecule has 0 saturated heterocycles. The summed E-state index contributed by atoms with van der Waals surface area (Å²) in [4.78, 5) is 1.07. The van der Waals surface area contributed by atoms with Crippen LogP contribution in [0.4, 0.5) is 0 Å². The summed E-state index contributed by atoms with van der Waals surface area (Å²) < 4.78 is 1.94. The minimum atomic E-state index is -0.0383. The van der Waals surface area contributed by atoms with E-state index in [9.17, 15) is 0 Å². The number of hydrogen-bond acceptors (Lipinski definition) is 3. The molecule has 0 radical (unpaired) electrons. The van der Waals surface area contributed by atoms with E-state index < -0.39 is 0 Å². The largest absolute Gasteiger partial charge is 0.307 e. The number of nitrogens with one attached hydrogen (secondary N) is 1. The quantitative estimate of drug-likeness (QED) is 0.902. The van der Waals surface area contributed by atoms with Crippen molar-refractivity contribution >= 4 is 34.5 Å². The van der Waals surface area contributed by atoms with Crippen molar-refractivity contribution in [2.45, 2.75) is 32.9 Å². The maximum absolute atomic E-state index is 6.38. The molecule has 6 heteroatoms. The Hall–Kier alpha value is -0.550. The van der Waals surface area contributed by atoms with Crippen LogP contribution in [-0.2, 0) is 0 Å². The second-order valence-corrected chi connectivity index (χ2v) is 6.43. The lowest BCUT2D eigenvalue weighted by Crippen LogP contribution is -2.22. The monoisotopic (exact) mass is 317 g/mol. The van der Waals surface area contributed by atoms with Crippen LogP contribution in [-0.4, -0.2) is 16.8 Å². The molecule has 19 heavy (non-hydrogen) atoms. The van der Waals surface area contributed by atoms with Crippen LogP contribution < -0.4 is 5.32 Å². The van der Waals surface area contributed by atoms with E-state index in [0.717, 1.165) is 21.2 Å². The molecule has 0 saturated carbocycles. The van der Waals surface area contributed by atoms with Crippen molar-refractivity contribution in [1.82, 2.24) is 15.1 Å². The molecular weight excluding hydrogens is 301 g/mol. The number of aryl methyl sites for hydroxylation is 1. The van der Waals surface area contributed by atoms with Crippen molar-refractivity contribution in [2.24, 2.45) is 0 Å². The van der Waals surface area contributed by atoms with Gasteiger partial charge in [-0.25, -0.2) is 0 Å². The smallest absolute Gasteiger partial charge is 0.0870 e. The van der Waals surface area contributed by atoms with E-state index in [2.05, 4.69) is 29.6 Å².